The number of aliphatic hydroxyl groups is 1. The Kier molecular flexibility index (Phi) is 27.4. The lowest BCUT2D eigenvalue weighted by atomic mass is 10.1. The van der Waals surface area contributed by atoms with Crippen LogP contribution >= 0.6 is 7.82 Å². The summed E-state index contributed by atoms with van der Waals surface area (Å²) in [5.74, 6) is -0.210. The Morgan fingerprint density at radius 2 is 1.32 bits per heavy atom. The van der Waals surface area contributed by atoms with E-state index in [2.05, 4.69) is 31.3 Å². The molecule has 5 N–H and O–H groups in total. The summed E-state index contributed by atoms with van der Waals surface area (Å²) in [7, 11) is -4.32. The fourth-order valence-electron chi connectivity index (χ4n) is 4.29. The van der Waals surface area contributed by atoms with Crippen molar-refractivity contribution in [3.05, 3.63) is 24.3 Å². The molecular weight excluding hydrogens is 527 g/mol. The van der Waals surface area contributed by atoms with Crippen molar-refractivity contribution < 1.29 is 28.4 Å². The van der Waals surface area contributed by atoms with Gasteiger partial charge in [0.25, 0.3) is 0 Å². The van der Waals surface area contributed by atoms with Crippen LogP contribution in [0.25, 0.3) is 0 Å². The molecule has 0 aromatic heterocycles. The zero-order valence-corrected chi connectivity index (χ0v) is 26.5. The second-order valence-electron chi connectivity index (χ2n) is 10.7. The van der Waals surface area contributed by atoms with Gasteiger partial charge in [-0.15, -0.1) is 0 Å². The Morgan fingerprint density at radius 3 is 1.93 bits per heavy atom. The quantitative estimate of drug-likeness (QED) is 0.0404. The maximum Gasteiger partial charge on any atom is 0.472 e. The van der Waals surface area contributed by atoms with Crippen LogP contribution in [0.5, 0.6) is 0 Å². The van der Waals surface area contributed by atoms with Gasteiger partial charge in [0.05, 0.1) is 25.4 Å². The summed E-state index contributed by atoms with van der Waals surface area (Å²) in [4.78, 5) is 22.4. The first-order valence-corrected chi connectivity index (χ1v) is 17.5. The van der Waals surface area contributed by atoms with Crippen LogP contribution in [0.1, 0.15) is 136 Å². The second kappa shape index (κ2) is 28.1. The third-order valence-electron chi connectivity index (χ3n) is 6.77. The highest BCUT2D eigenvalue weighted by molar-refractivity contribution is 7.47. The summed E-state index contributed by atoms with van der Waals surface area (Å²) in [5, 5.41) is 13.5. The number of amides is 1. The molecule has 0 aromatic carbocycles. The molecule has 236 valence electrons. The van der Waals surface area contributed by atoms with Crippen LogP contribution < -0.4 is 11.1 Å². The van der Waals surface area contributed by atoms with E-state index < -0.39 is 20.0 Å². The predicted molar refractivity (Wildman–Crippen MR) is 166 cm³/mol. The molecule has 0 fully saturated rings. The van der Waals surface area contributed by atoms with Gasteiger partial charge in [-0.05, 0) is 38.5 Å². The number of rotatable bonds is 29. The maximum absolute atomic E-state index is 12.6. The fraction of sp³-hybridized carbons (Fsp3) is 0.839. The van der Waals surface area contributed by atoms with Crippen molar-refractivity contribution in [3.63, 3.8) is 0 Å². The molecule has 0 rings (SSSR count). The molecule has 0 saturated carbocycles. The van der Waals surface area contributed by atoms with Crippen LogP contribution in [-0.4, -0.2) is 47.8 Å². The molecule has 0 aliphatic heterocycles. The van der Waals surface area contributed by atoms with E-state index >= 15 is 0 Å². The van der Waals surface area contributed by atoms with E-state index in [9.17, 15) is 19.4 Å². The zero-order valence-electron chi connectivity index (χ0n) is 25.6. The minimum absolute atomic E-state index is 0.0772. The van der Waals surface area contributed by atoms with Gasteiger partial charge in [0, 0.05) is 13.0 Å². The Hall–Kier alpha value is -1.02. The highest BCUT2D eigenvalue weighted by Gasteiger charge is 2.26. The van der Waals surface area contributed by atoms with Gasteiger partial charge >= 0.3 is 7.82 Å². The van der Waals surface area contributed by atoms with Gasteiger partial charge < -0.3 is 21.1 Å². The van der Waals surface area contributed by atoms with Crippen LogP contribution in [0.3, 0.4) is 0 Å². The van der Waals surface area contributed by atoms with Crippen molar-refractivity contribution in [1.82, 2.24) is 5.32 Å². The number of nitrogens with one attached hydrogen (secondary N) is 1. The molecule has 0 saturated heterocycles. The van der Waals surface area contributed by atoms with Gasteiger partial charge in [0.2, 0.25) is 5.91 Å². The van der Waals surface area contributed by atoms with E-state index in [4.69, 9.17) is 14.8 Å². The van der Waals surface area contributed by atoms with Gasteiger partial charge in [-0.1, -0.05) is 115 Å². The monoisotopic (exact) mass is 588 g/mol. The first-order chi connectivity index (χ1) is 19.4. The molecule has 9 heteroatoms. The average Bonchev–Trinajstić information content (AvgIpc) is 2.93. The third kappa shape index (κ3) is 25.9. The summed E-state index contributed by atoms with van der Waals surface area (Å²) < 4.78 is 21.9. The first-order valence-electron chi connectivity index (χ1n) is 16.0. The van der Waals surface area contributed by atoms with Gasteiger partial charge in [-0.25, -0.2) is 4.57 Å². The summed E-state index contributed by atoms with van der Waals surface area (Å²) in [6.45, 7) is 4.03. The van der Waals surface area contributed by atoms with E-state index in [0.717, 1.165) is 57.8 Å². The van der Waals surface area contributed by atoms with Crippen LogP contribution in [0.2, 0.25) is 0 Å². The Labute approximate surface area is 245 Å². The number of hydrogen-bond acceptors (Lipinski definition) is 6. The fourth-order valence-corrected chi connectivity index (χ4v) is 5.05. The van der Waals surface area contributed by atoms with E-state index in [0.29, 0.717) is 6.42 Å². The van der Waals surface area contributed by atoms with Crippen molar-refractivity contribution in [2.24, 2.45) is 5.73 Å². The van der Waals surface area contributed by atoms with Crippen LogP contribution in [0, 0.1) is 0 Å². The number of nitrogens with two attached hydrogens (primary N) is 1. The highest BCUT2D eigenvalue weighted by Crippen LogP contribution is 2.43. The van der Waals surface area contributed by atoms with E-state index in [1.165, 1.54) is 57.8 Å². The van der Waals surface area contributed by atoms with E-state index in [1.54, 1.807) is 6.08 Å². The van der Waals surface area contributed by atoms with Crippen molar-refractivity contribution in [2.45, 2.75) is 148 Å². The number of allylic oxidation sites excluding steroid dienone is 3. The molecule has 3 atom stereocenters. The molecule has 0 aliphatic carbocycles. The third-order valence-corrected chi connectivity index (χ3v) is 7.76. The maximum atomic E-state index is 12.6. The Morgan fingerprint density at radius 1 is 0.800 bits per heavy atom. The number of carbonyl (C=O) groups excluding carboxylic acids is 1. The van der Waals surface area contributed by atoms with Crippen molar-refractivity contribution in [1.29, 1.82) is 0 Å². The summed E-state index contributed by atoms with van der Waals surface area (Å²) >= 11 is 0. The van der Waals surface area contributed by atoms with Gasteiger partial charge in [-0.3, -0.25) is 13.8 Å². The lowest BCUT2D eigenvalue weighted by Crippen LogP contribution is -2.45. The average molecular weight is 589 g/mol. The predicted octanol–water partition coefficient (Wildman–Crippen LogP) is 7.49. The number of phosphoric ester groups is 1. The Balaban J connectivity index is 4.46. The lowest BCUT2D eigenvalue weighted by Gasteiger charge is -2.23. The smallest absolute Gasteiger partial charge is 0.387 e. The van der Waals surface area contributed by atoms with Gasteiger partial charge in [0.1, 0.15) is 0 Å². The molecule has 0 bridgehead atoms. The topological polar surface area (TPSA) is 131 Å². The summed E-state index contributed by atoms with van der Waals surface area (Å²) in [6, 6.07) is -0.858. The summed E-state index contributed by atoms with van der Waals surface area (Å²) in [5.41, 5.74) is 5.32. The van der Waals surface area contributed by atoms with Crippen molar-refractivity contribution in [2.75, 3.05) is 19.8 Å². The molecule has 40 heavy (non-hydrogen) atoms. The first kappa shape index (κ1) is 39.0. The van der Waals surface area contributed by atoms with Crippen molar-refractivity contribution in [3.8, 4) is 0 Å². The molecule has 3 unspecified atom stereocenters. The number of hydrogen-bond donors (Lipinski definition) is 4. The zero-order chi connectivity index (χ0) is 29.7. The molecule has 0 aliphatic rings. The van der Waals surface area contributed by atoms with Crippen LogP contribution in [-0.2, 0) is 18.4 Å². The number of unbranched alkanes of at least 4 members (excludes halogenated alkanes) is 15. The van der Waals surface area contributed by atoms with Gasteiger partial charge in [0.15, 0.2) is 0 Å². The number of phosphoric acid groups is 1. The number of aliphatic hydroxyl groups excluding tert-OH is 1. The van der Waals surface area contributed by atoms with E-state index in [-0.39, 0.29) is 25.7 Å². The Bertz CT molecular complexity index is 689. The molecular formula is C31H61N2O6P. The van der Waals surface area contributed by atoms with Crippen LogP contribution in [0.4, 0.5) is 0 Å². The van der Waals surface area contributed by atoms with Crippen molar-refractivity contribution >= 4 is 13.7 Å². The lowest BCUT2D eigenvalue weighted by molar-refractivity contribution is -0.123. The molecule has 1 amide bonds. The van der Waals surface area contributed by atoms with Crippen LogP contribution in [0.15, 0.2) is 24.3 Å². The molecule has 0 aromatic rings. The normalized spacial score (nSPS) is 15.0. The minimum atomic E-state index is -4.32. The molecule has 8 nitrogen and oxygen atoms in total. The standard InChI is InChI=1S/C31H61N2O6P/c1-3-5-7-9-11-13-15-17-19-21-23-25-31(35)33-29(28-39-40(36,37)38-27-26-32)30(34)24-22-20-18-16-14-12-10-8-6-4-2/h9,11,22,24,29-30,34H,3-8,10,12-21,23,25-28,32H2,1-2H3,(H,33,35)(H,36,37)/b11-9-,24-22+. The second-order valence-corrected chi connectivity index (χ2v) is 12.1. The number of carbonyl (C=O) groups is 1. The highest BCUT2D eigenvalue weighted by atomic mass is 31.2. The molecule has 0 heterocycles. The molecule has 0 spiro atoms. The van der Waals surface area contributed by atoms with Gasteiger partial charge in [-0.2, -0.15) is 0 Å². The largest absolute Gasteiger partial charge is 0.472 e. The minimum Gasteiger partial charge on any atom is -0.387 e. The SMILES string of the molecule is CCCC/C=C\CCCCCCCC(=O)NC(COP(=O)(O)OCCN)C(O)/C=C/CCCCCCCCCC. The van der Waals surface area contributed by atoms with E-state index in [1.807, 2.05) is 6.08 Å². The molecule has 0 radical (unpaired) electrons. The summed E-state index contributed by atoms with van der Waals surface area (Å²) in [6.07, 6.45) is 27.9.